The molecule has 0 radical (unpaired) electrons. The Morgan fingerprint density at radius 1 is 1.28 bits per heavy atom. The van der Waals surface area contributed by atoms with Gasteiger partial charge in [0.05, 0.1) is 29.3 Å². The Morgan fingerprint density at radius 2 is 1.96 bits per heavy atom. The summed E-state index contributed by atoms with van der Waals surface area (Å²) < 4.78 is 10.2. The number of nitrogens with zero attached hydrogens (tertiary/aromatic N) is 2. The number of aromatic nitrogens is 1. The molecule has 0 spiro atoms. The Morgan fingerprint density at radius 3 is 2.52 bits per heavy atom. The van der Waals surface area contributed by atoms with Gasteiger partial charge in [-0.05, 0) is 26.8 Å². The van der Waals surface area contributed by atoms with Gasteiger partial charge >= 0.3 is 5.97 Å². The third-order valence-corrected chi connectivity index (χ3v) is 3.37. The average molecular weight is 347 g/mol. The first-order valence-electron chi connectivity index (χ1n) is 7.49. The van der Waals surface area contributed by atoms with Gasteiger partial charge in [-0.2, -0.15) is 0 Å². The molecule has 9 heteroatoms. The molecule has 0 bridgehead atoms. The van der Waals surface area contributed by atoms with Crippen molar-refractivity contribution in [1.29, 1.82) is 0 Å². The highest BCUT2D eigenvalue weighted by molar-refractivity contribution is 5.98. The van der Waals surface area contributed by atoms with E-state index in [4.69, 9.17) is 9.15 Å². The molecule has 0 saturated heterocycles. The Balaban J connectivity index is 2.22. The monoisotopic (exact) mass is 347 g/mol. The molecular weight excluding hydrogens is 330 g/mol. The van der Waals surface area contributed by atoms with Crippen LogP contribution in [0.5, 0.6) is 0 Å². The second-order valence-corrected chi connectivity index (χ2v) is 5.18. The number of hydrogen-bond donors (Lipinski definition) is 1. The highest BCUT2D eigenvalue weighted by Crippen LogP contribution is 2.18. The van der Waals surface area contributed by atoms with Crippen LogP contribution in [0.15, 0.2) is 22.6 Å². The third-order valence-electron chi connectivity index (χ3n) is 3.37. The normalized spacial score (nSPS) is 10.4. The van der Waals surface area contributed by atoms with Crippen molar-refractivity contribution in [1.82, 2.24) is 10.3 Å². The number of nitro groups is 1. The number of rotatable bonds is 6. The summed E-state index contributed by atoms with van der Waals surface area (Å²) in [5.74, 6) is -0.370. The number of carbonyl (C=O) groups excluding carboxylic acids is 2. The minimum atomic E-state index is -0.737. The molecule has 1 amide bonds. The second-order valence-electron chi connectivity index (χ2n) is 5.18. The zero-order valence-electron chi connectivity index (χ0n) is 14.0. The molecule has 2 rings (SSSR count). The Kier molecular flexibility index (Phi) is 5.48. The first-order valence-corrected chi connectivity index (χ1v) is 7.49. The van der Waals surface area contributed by atoms with Gasteiger partial charge in [-0.3, -0.25) is 14.9 Å². The molecule has 0 aliphatic rings. The molecule has 1 heterocycles. The van der Waals surface area contributed by atoms with Gasteiger partial charge in [0, 0.05) is 17.7 Å². The largest absolute Gasteiger partial charge is 0.462 e. The van der Waals surface area contributed by atoms with E-state index in [-0.39, 0.29) is 30.0 Å². The van der Waals surface area contributed by atoms with Crippen molar-refractivity contribution < 1.29 is 23.7 Å². The maximum Gasteiger partial charge on any atom is 0.338 e. The lowest BCUT2D eigenvalue weighted by molar-refractivity contribution is -0.384. The lowest BCUT2D eigenvalue weighted by atomic mass is 10.1. The third kappa shape index (κ3) is 4.40. The van der Waals surface area contributed by atoms with E-state index in [0.717, 1.165) is 12.1 Å². The molecule has 0 atom stereocenters. The molecule has 0 unspecified atom stereocenters. The van der Waals surface area contributed by atoms with Gasteiger partial charge < -0.3 is 14.5 Å². The number of nitrogens with one attached hydrogen (secondary N) is 1. The molecule has 132 valence electrons. The van der Waals surface area contributed by atoms with Gasteiger partial charge in [-0.25, -0.2) is 9.78 Å². The van der Waals surface area contributed by atoms with Crippen molar-refractivity contribution in [3.8, 4) is 0 Å². The molecule has 0 aliphatic heterocycles. The minimum Gasteiger partial charge on any atom is -0.462 e. The van der Waals surface area contributed by atoms with Gasteiger partial charge in [-0.15, -0.1) is 0 Å². The molecule has 0 saturated carbocycles. The van der Waals surface area contributed by atoms with E-state index >= 15 is 0 Å². The molecule has 1 aromatic carbocycles. The van der Waals surface area contributed by atoms with E-state index in [9.17, 15) is 19.7 Å². The molecule has 1 aromatic heterocycles. The van der Waals surface area contributed by atoms with Gasteiger partial charge in [0.1, 0.15) is 5.76 Å². The van der Waals surface area contributed by atoms with Crippen LogP contribution in [0, 0.1) is 24.0 Å². The zero-order chi connectivity index (χ0) is 18.6. The summed E-state index contributed by atoms with van der Waals surface area (Å²) in [5, 5.41) is 13.6. The average Bonchev–Trinajstić information content (AvgIpc) is 2.90. The van der Waals surface area contributed by atoms with Crippen molar-refractivity contribution in [2.24, 2.45) is 0 Å². The van der Waals surface area contributed by atoms with Crippen LogP contribution in [-0.4, -0.2) is 28.4 Å². The smallest absolute Gasteiger partial charge is 0.338 e. The van der Waals surface area contributed by atoms with Crippen LogP contribution in [0.4, 0.5) is 5.69 Å². The van der Waals surface area contributed by atoms with Gasteiger partial charge in [0.2, 0.25) is 5.89 Å². The van der Waals surface area contributed by atoms with E-state index in [1.54, 1.807) is 20.8 Å². The fourth-order valence-corrected chi connectivity index (χ4v) is 2.05. The number of ether oxygens (including phenoxy) is 1. The number of benzene rings is 1. The fourth-order valence-electron chi connectivity index (χ4n) is 2.05. The van der Waals surface area contributed by atoms with Crippen LogP contribution < -0.4 is 5.32 Å². The number of nitro benzene ring substituents is 1. The van der Waals surface area contributed by atoms with Crippen molar-refractivity contribution in [3.63, 3.8) is 0 Å². The Bertz CT molecular complexity index is 808. The van der Waals surface area contributed by atoms with Crippen LogP contribution in [0.1, 0.15) is 45.0 Å². The molecule has 0 aliphatic carbocycles. The quantitative estimate of drug-likeness (QED) is 0.483. The molecule has 2 aromatic rings. The Labute approximate surface area is 143 Å². The van der Waals surface area contributed by atoms with Crippen LogP contribution in [0.2, 0.25) is 0 Å². The highest BCUT2D eigenvalue weighted by Gasteiger charge is 2.19. The lowest BCUT2D eigenvalue weighted by Gasteiger charge is -2.06. The minimum absolute atomic E-state index is 0.0188. The van der Waals surface area contributed by atoms with Crippen LogP contribution in [-0.2, 0) is 11.3 Å². The first-order chi connectivity index (χ1) is 11.8. The number of non-ortho nitro benzene ring substituents is 1. The number of carbonyl (C=O) groups is 2. The molecular formula is C16H17N3O6. The van der Waals surface area contributed by atoms with E-state index in [1.807, 2.05) is 0 Å². The van der Waals surface area contributed by atoms with Crippen molar-refractivity contribution >= 4 is 17.6 Å². The maximum absolute atomic E-state index is 12.3. The predicted molar refractivity (Wildman–Crippen MR) is 86.2 cm³/mol. The van der Waals surface area contributed by atoms with Crippen molar-refractivity contribution in [2.75, 3.05) is 6.61 Å². The lowest BCUT2D eigenvalue weighted by Crippen LogP contribution is -2.23. The van der Waals surface area contributed by atoms with Crippen molar-refractivity contribution in [2.45, 2.75) is 27.3 Å². The zero-order valence-corrected chi connectivity index (χ0v) is 14.0. The summed E-state index contributed by atoms with van der Waals surface area (Å²) >= 11 is 0. The maximum atomic E-state index is 12.3. The Hall–Kier alpha value is -3.23. The topological polar surface area (TPSA) is 125 Å². The summed E-state index contributed by atoms with van der Waals surface area (Å²) in [5.41, 5.74) is 0.240. The number of amides is 1. The first kappa shape index (κ1) is 18.1. The van der Waals surface area contributed by atoms with Gasteiger partial charge in [-0.1, -0.05) is 0 Å². The summed E-state index contributed by atoms with van der Waals surface area (Å²) in [6.07, 6.45) is 0. The van der Waals surface area contributed by atoms with Gasteiger partial charge in [0.25, 0.3) is 11.6 Å². The van der Waals surface area contributed by atoms with Crippen molar-refractivity contribution in [3.05, 3.63) is 56.8 Å². The number of esters is 1. The number of hydrogen-bond acceptors (Lipinski definition) is 7. The molecule has 0 fully saturated rings. The summed E-state index contributed by atoms with van der Waals surface area (Å²) in [6, 6.07) is 3.39. The van der Waals surface area contributed by atoms with Crippen LogP contribution in [0.25, 0.3) is 0 Å². The van der Waals surface area contributed by atoms with E-state index in [1.165, 1.54) is 6.07 Å². The number of oxazole rings is 1. The highest BCUT2D eigenvalue weighted by atomic mass is 16.6. The second kappa shape index (κ2) is 7.56. The summed E-state index contributed by atoms with van der Waals surface area (Å²) in [6.45, 7) is 5.27. The van der Waals surface area contributed by atoms with Crippen LogP contribution in [0.3, 0.4) is 0 Å². The SMILES string of the molecule is CCOC(=O)c1cc(C(=O)NCc2nc(C)c(C)o2)cc([N+](=O)[O-])c1. The molecule has 9 nitrogen and oxygen atoms in total. The predicted octanol–water partition coefficient (Wildman–Crippen LogP) is 2.31. The fraction of sp³-hybridized carbons (Fsp3) is 0.312. The van der Waals surface area contributed by atoms with E-state index < -0.39 is 16.8 Å². The van der Waals surface area contributed by atoms with Crippen LogP contribution >= 0.6 is 0 Å². The molecule has 1 N–H and O–H groups in total. The van der Waals surface area contributed by atoms with E-state index in [0.29, 0.717) is 17.3 Å². The summed E-state index contributed by atoms with van der Waals surface area (Å²) in [7, 11) is 0. The standard InChI is InChI=1S/C16H17N3O6/c1-4-24-16(21)12-5-11(6-13(7-12)19(22)23)15(20)17-8-14-18-9(2)10(3)25-14/h5-7H,4,8H2,1-3H3,(H,17,20). The number of aryl methyl sites for hydroxylation is 2. The van der Waals surface area contributed by atoms with Gasteiger partial charge in [0.15, 0.2) is 0 Å². The summed E-state index contributed by atoms with van der Waals surface area (Å²) in [4.78, 5) is 38.5. The molecule has 25 heavy (non-hydrogen) atoms. The van der Waals surface area contributed by atoms with E-state index in [2.05, 4.69) is 10.3 Å².